The molecule has 19 heavy (non-hydrogen) atoms. The molecule has 1 rings (SSSR count). The molecular weight excluding hydrogens is 246 g/mol. The Bertz CT molecular complexity index is 298. The molecule has 0 aromatic carbocycles. The number of aldehydes is 1. The highest BCUT2D eigenvalue weighted by atomic mass is 16.6. The smallest absolute Gasteiger partial charge is 0.410 e. The molecule has 0 saturated carbocycles. The van der Waals surface area contributed by atoms with Crippen molar-refractivity contribution in [3.05, 3.63) is 0 Å². The first-order chi connectivity index (χ1) is 8.92. The van der Waals surface area contributed by atoms with Crippen molar-refractivity contribution < 1.29 is 19.1 Å². The van der Waals surface area contributed by atoms with Crippen molar-refractivity contribution in [1.29, 1.82) is 0 Å². The molecule has 1 heterocycles. The summed E-state index contributed by atoms with van der Waals surface area (Å²) in [6.07, 6.45) is 3.97. The molecule has 0 radical (unpaired) electrons. The number of likely N-dealkylation sites (tertiary alicyclic amines) is 1. The monoisotopic (exact) mass is 271 g/mol. The maximum Gasteiger partial charge on any atom is 0.410 e. The van der Waals surface area contributed by atoms with Crippen LogP contribution in [0.1, 0.15) is 46.5 Å². The number of hydrogen-bond donors (Lipinski definition) is 0. The predicted molar refractivity (Wildman–Crippen MR) is 72.1 cm³/mol. The lowest BCUT2D eigenvalue weighted by molar-refractivity contribution is -0.108. The van der Waals surface area contributed by atoms with Crippen molar-refractivity contribution in [2.24, 2.45) is 0 Å². The fourth-order valence-electron chi connectivity index (χ4n) is 1.94. The molecule has 0 unspecified atom stereocenters. The van der Waals surface area contributed by atoms with E-state index in [1.165, 1.54) is 0 Å². The van der Waals surface area contributed by atoms with Crippen LogP contribution in [0.4, 0.5) is 4.79 Å². The van der Waals surface area contributed by atoms with Crippen LogP contribution in [-0.4, -0.2) is 48.7 Å². The molecule has 5 heteroatoms. The second-order valence-corrected chi connectivity index (χ2v) is 5.87. The maximum absolute atomic E-state index is 11.8. The molecule has 0 spiro atoms. The number of carbonyl (C=O) groups is 2. The van der Waals surface area contributed by atoms with Gasteiger partial charge in [-0.15, -0.1) is 0 Å². The van der Waals surface area contributed by atoms with Crippen LogP contribution < -0.4 is 0 Å². The van der Waals surface area contributed by atoms with Crippen molar-refractivity contribution in [1.82, 2.24) is 4.90 Å². The Labute approximate surface area is 115 Å². The van der Waals surface area contributed by atoms with Crippen LogP contribution in [0.5, 0.6) is 0 Å². The summed E-state index contributed by atoms with van der Waals surface area (Å²) in [5.41, 5.74) is -0.454. The fraction of sp³-hybridized carbons (Fsp3) is 0.857. The highest BCUT2D eigenvalue weighted by Gasteiger charge is 2.29. The third kappa shape index (κ3) is 6.57. The van der Waals surface area contributed by atoms with Crippen molar-refractivity contribution >= 4 is 12.4 Å². The zero-order valence-corrected chi connectivity index (χ0v) is 12.2. The summed E-state index contributed by atoms with van der Waals surface area (Å²) in [5.74, 6) is 0. The average molecular weight is 271 g/mol. The molecule has 110 valence electrons. The van der Waals surface area contributed by atoms with Crippen molar-refractivity contribution in [3.8, 4) is 0 Å². The lowest BCUT2D eigenvalue weighted by Gasteiger charge is -2.24. The van der Waals surface area contributed by atoms with E-state index in [2.05, 4.69) is 0 Å². The Hall–Kier alpha value is -1.10. The van der Waals surface area contributed by atoms with Gasteiger partial charge in [-0.2, -0.15) is 0 Å². The lowest BCUT2D eigenvalue weighted by Crippen LogP contribution is -2.36. The standard InChI is InChI=1S/C14H25NO4/c1-14(2,3)19-13(17)15-8-7-12(11-15)18-10-6-4-5-9-16/h9,12H,4-8,10-11H2,1-3H3/t12-/m1/s1. The first-order valence-electron chi connectivity index (χ1n) is 6.95. The van der Waals surface area contributed by atoms with Gasteiger partial charge in [0.1, 0.15) is 11.9 Å². The summed E-state index contributed by atoms with van der Waals surface area (Å²) in [7, 11) is 0. The highest BCUT2D eigenvalue weighted by Crippen LogP contribution is 2.17. The zero-order chi connectivity index (χ0) is 14.3. The van der Waals surface area contributed by atoms with Crippen LogP contribution in [0.15, 0.2) is 0 Å². The van der Waals surface area contributed by atoms with E-state index in [9.17, 15) is 9.59 Å². The van der Waals surface area contributed by atoms with Gasteiger partial charge in [0.15, 0.2) is 0 Å². The topological polar surface area (TPSA) is 55.8 Å². The van der Waals surface area contributed by atoms with E-state index in [1.807, 2.05) is 20.8 Å². The molecule has 0 aromatic heterocycles. The number of carbonyl (C=O) groups excluding carboxylic acids is 2. The predicted octanol–water partition coefficient (Wildman–Crippen LogP) is 2.38. The van der Waals surface area contributed by atoms with E-state index in [1.54, 1.807) is 4.90 Å². The van der Waals surface area contributed by atoms with Gasteiger partial charge in [0.2, 0.25) is 0 Å². The SMILES string of the molecule is CC(C)(C)OC(=O)N1CC[C@@H](OCCCCC=O)C1. The molecular formula is C14H25NO4. The molecule has 1 amide bonds. The number of unbranched alkanes of at least 4 members (excludes halogenated alkanes) is 2. The minimum absolute atomic E-state index is 0.101. The Morgan fingerprint density at radius 2 is 2.11 bits per heavy atom. The normalized spacial score (nSPS) is 19.5. The van der Waals surface area contributed by atoms with Crippen molar-refractivity contribution in [3.63, 3.8) is 0 Å². The number of amides is 1. The molecule has 1 saturated heterocycles. The Morgan fingerprint density at radius 1 is 1.37 bits per heavy atom. The molecule has 1 atom stereocenters. The van der Waals surface area contributed by atoms with Crippen LogP contribution in [0, 0.1) is 0 Å². The Balaban J connectivity index is 2.18. The third-order valence-corrected chi connectivity index (χ3v) is 2.87. The van der Waals surface area contributed by atoms with E-state index in [0.29, 0.717) is 26.1 Å². The number of nitrogens with zero attached hydrogens (tertiary/aromatic N) is 1. The quantitative estimate of drug-likeness (QED) is 0.550. The molecule has 0 aromatic rings. The van der Waals surface area contributed by atoms with E-state index >= 15 is 0 Å². The summed E-state index contributed by atoms with van der Waals surface area (Å²) in [5, 5.41) is 0. The Kier molecular flexibility index (Phi) is 6.28. The van der Waals surface area contributed by atoms with Gasteiger partial charge in [-0.3, -0.25) is 0 Å². The number of ether oxygens (including phenoxy) is 2. The van der Waals surface area contributed by atoms with Gasteiger partial charge in [0, 0.05) is 19.6 Å². The van der Waals surface area contributed by atoms with Gasteiger partial charge in [0.05, 0.1) is 12.6 Å². The molecule has 0 N–H and O–H groups in total. The van der Waals surface area contributed by atoms with Gasteiger partial charge in [-0.05, 0) is 40.0 Å². The van der Waals surface area contributed by atoms with Crippen LogP contribution in [0.2, 0.25) is 0 Å². The van der Waals surface area contributed by atoms with Gasteiger partial charge >= 0.3 is 6.09 Å². The van der Waals surface area contributed by atoms with E-state index in [0.717, 1.165) is 25.5 Å². The molecule has 1 fully saturated rings. The molecule has 0 bridgehead atoms. The first kappa shape index (κ1) is 16.0. The molecule has 0 aliphatic carbocycles. The second kappa shape index (κ2) is 7.48. The highest BCUT2D eigenvalue weighted by molar-refractivity contribution is 5.68. The van der Waals surface area contributed by atoms with Crippen LogP contribution in [-0.2, 0) is 14.3 Å². The van der Waals surface area contributed by atoms with Crippen LogP contribution in [0.3, 0.4) is 0 Å². The first-order valence-corrected chi connectivity index (χ1v) is 6.95. The third-order valence-electron chi connectivity index (χ3n) is 2.87. The van der Waals surface area contributed by atoms with E-state index < -0.39 is 5.60 Å². The minimum atomic E-state index is -0.454. The van der Waals surface area contributed by atoms with Gasteiger partial charge in [0.25, 0.3) is 0 Å². The van der Waals surface area contributed by atoms with Crippen LogP contribution >= 0.6 is 0 Å². The van der Waals surface area contributed by atoms with E-state index in [-0.39, 0.29) is 12.2 Å². The average Bonchev–Trinajstić information content (AvgIpc) is 2.75. The van der Waals surface area contributed by atoms with Crippen molar-refractivity contribution in [2.45, 2.75) is 58.2 Å². The second-order valence-electron chi connectivity index (χ2n) is 5.87. The summed E-state index contributed by atoms with van der Waals surface area (Å²) >= 11 is 0. The largest absolute Gasteiger partial charge is 0.444 e. The van der Waals surface area contributed by atoms with Crippen molar-refractivity contribution in [2.75, 3.05) is 19.7 Å². The number of hydrogen-bond acceptors (Lipinski definition) is 4. The maximum atomic E-state index is 11.8. The van der Waals surface area contributed by atoms with Crippen LogP contribution in [0.25, 0.3) is 0 Å². The van der Waals surface area contributed by atoms with Gasteiger partial charge in [-0.1, -0.05) is 0 Å². The van der Waals surface area contributed by atoms with E-state index in [4.69, 9.17) is 9.47 Å². The zero-order valence-electron chi connectivity index (χ0n) is 12.2. The lowest BCUT2D eigenvalue weighted by atomic mass is 10.2. The van der Waals surface area contributed by atoms with Gasteiger partial charge in [-0.25, -0.2) is 4.79 Å². The molecule has 5 nitrogen and oxygen atoms in total. The Morgan fingerprint density at radius 3 is 2.74 bits per heavy atom. The van der Waals surface area contributed by atoms with Gasteiger partial charge < -0.3 is 19.2 Å². The molecule has 1 aliphatic heterocycles. The minimum Gasteiger partial charge on any atom is -0.444 e. The fourth-order valence-corrected chi connectivity index (χ4v) is 1.94. The summed E-state index contributed by atoms with van der Waals surface area (Å²) in [4.78, 5) is 23.7. The summed E-state index contributed by atoms with van der Waals surface area (Å²) in [6.45, 7) is 7.53. The summed E-state index contributed by atoms with van der Waals surface area (Å²) < 4.78 is 11.0. The summed E-state index contributed by atoms with van der Waals surface area (Å²) in [6, 6.07) is 0. The number of rotatable bonds is 6. The molecule has 1 aliphatic rings.